The first-order valence-electron chi connectivity index (χ1n) is 14.5. The lowest BCUT2D eigenvalue weighted by molar-refractivity contribution is 1.19. The van der Waals surface area contributed by atoms with E-state index in [4.69, 9.17) is 0 Å². The van der Waals surface area contributed by atoms with Crippen molar-refractivity contribution in [2.45, 2.75) is 0 Å². The van der Waals surface area contributed by atoms with Crippen molar-refractivity contribution in [3.05, 3.63) is 140 Å². The standard InChI is InChI=1S/C40H23NS/c1-2-11-24(12-3-1)25-13-8-14-26(23-25)41-33-21-10-19-30-28-16-5-4-15-27(28)29-18-9-20-32-35(29)38(36(30)33)39(41)37-31-17-6-7-22-34(31)42-40(32)37/h1-23H. The van der Waals surface area contributed by atoms with Gasteiger partial charge in [0.2, 0.25) is 0 Å². The molecule has 0 aliphatic heterocycles. The van der Waals surface area contributed by atoms with Crippen LogP contribution >= 0.6 is 11.3 Å². The highest BCUT2D eigenvalue weighted by atomic mass is 32.1. The molecule has 1 nitrogen and oxygen atoms in total. The molecule has 0 bridgehead atoms. The van der Waals surface area contributed by atoms with Crippen molar-refractivity contribution in [2.24, 2.45) is 0 Å². The number of rotatable bonds is 2. The minimum Gasteiger partial charge on any atom is -0.308 e. The molecule has 2 aromatic heterocycles. The number of fused-ring (bicyclic) bond motifs is 8. The zero-order valence-electron chi connectivity index (χ0n) is 22.6. The van der Waals surface area contributed by atoms with Gasteiger partial charge in [-0.3, -0.25) is 0 Å². The van der Waals surface area contributed by atoms with Crippen molar-refractivity contribution in [3.8, 4) is 39.1 Å². The number of benzene rings is 7. The molecule has 2 heteroatoms. The molecular weight excluding hydrogens is 527 g/mol. The molecule has 1 aliphatic carbocycles. The van der Waals surface area contributed by atoms with E-state index in [0.717, 1.165) is 0 Å². The highest BCUT2D eigenvalue weighted by Crippen LogP contribution is 2.54. The molecule has 2 heterocycles. The SMILES string of the molecule is c1ccc(-c2cccc(-n3c4cccc5c4c4c6c(cccc6c6sc7ccccc7c6c43)-c3ccccc3-5)c2)cc1. The second kappa shape index (κ2) is 8.19. The van der Waals surface area contributed by atoms with Crippen molar-refractivity contribution in [1.82, 2.24) is 4.57 Å². The Balaban J connectivity index is 1.51. The molecule has 0 atom stereocenters. The lowest BCUT2D eigenvalue weighted by atomic mass is 9.93. The minimum absolute atomic E-state index is 1.19. The van der Waals surface area contributed by atoms with Crippen molar-refractivity contribution >= 4 is 64.1 Å². The van der Waals surface area contributed by atoms with Gasteiger partial charge in [0.15, 0.2) is 0 Å². The topological polar surface area (TPSA) is 4.93 Å². The largest absolute Gasteiger partial charge is 0.308 e. The van der Waals surface area contributed by atoms with Gasteiger partial charge >= 0.3 is 0 Å². The van der Waals surface area contributed by atoms with Gasteiger partial charge in [0.25, 0.3) is 0 Å². The lowest BCUT2D eigenvalue weighted by Crippen LogP contribution is -1.96. The Morgan fingerprint density at radius 1 is 0.429 bits per heavy atom. The molecule has 42 heavy (non-hydrogen) atoms. The molecule has 10 rings (SSSR count). The van der Waals surface area contributed by atoms with Crippen LogP contribution in [0.15, 0.2) is 140 Å². The summed E-state index contributed by atoms with van der Waals surface area (Å²) in [6, 6.07) is 51.4. The summed E-state index contributed by atoms with van der Waals surface area (Å²) in [6.45, 7) is 0. The summed E-state index contributed by atoms with van der Waals surface area (Å²) in [5.41, 5.74) is 11.5. The van der Waals surface area contributed by atoms with E-state index in [-0.39, 0.29) is 0 Å². The van der Waals surface area contributed by atoms with E-state index in [1.807, 2.05) is 11.3 Å². The first kappa shape index (κ1) is 22.5. The molecule has 194 valence electrons. The summed E-state index contributed by atoms with van der Waals surface area (Å²) in [6.07, 6.45) is 0. The third-order valence-electron chi connectivity index (χ3n) is 9.10. The smallest absolute Gasteiger partial charge is 0.0641 e. The summed E-state index contributed by atoms with van der Waals surface area (Å²) in [7, 11) is 0. The molecule has 1 aliphatic rings. The van der Waals surface area contributed by atoms with Crippen molar-refractivity contribution < 1.29 is 0 Å². The lowest BCUT2D eigenvalue weighted by Gasteiger charge is -2.15. The molecule has 0 radical (unpaired) electrons. The summed E-state index contributed by atoms with van der Waals surface area (Å²) >= 11 is 1.92. The van der Waals surface area contributed by atoms with Crippen molar-refractivity contribution in [1.29, 1.82) is 0 Å². The van der Waals surface area contributed by atoms with Gasteiger partial charge in [-0.2, -0.15) is 0 Å². The van der Waals surface area contributed by atoms with Gasteiger partial charge in [-0.1, -0.05) is 115 Å². The van der Waals surface area contributed by atoms with Crippen LogP contribution in [0.5, 0.6) is 0 Å². The molecule has 0 amide bonds. The van der Waals surface area contributed by atoms with Gasteiger partial charge in [0.05, 0.1) is 11.0 Å². The Kier molecular flexibility index (Phi) is 4.39. The Morgan fingerprint density at radius 3 is 1.93 bits per heavy atom. The van der Waals surface area contributed by atoms with Gasteiger partial charge in [-0.15, -0.1) is 11.3 Å². The second-order valence-corrected chi connectivity index (χ2v) is 12.3. The first-order valence-corrected chi connectivity index (χ1v) is 15.3. The third-order valence-corrected chi connectivity index (χ3v) is 10.3. The molecule has 0 saturated carbocycles. The van der Waals surface area contributed by atoms with Crippen molar-refractivity contribution in [3.63, 3.8) is 0 Å². The normalized spacial score (nSPS) is 12.3. The molecule has 0 N–H and O–H groups in total. The highest BCUT2D eigenvalue weighted by molar-refractivity contribution is 7.27. The van der Waals surface area contributed by atoms with E-state index in [0.29, 0.717) is 0 Å². The third kappa shape index (κ3) is 2.82. The maximum atomic E-state index is 2.55. The maximum Gasteiger partial charge on any atom is 0.0641 e. The monoisotopic (exact) mass is 549 g/mol. The molecule has 9 aromatic rings. The van der Waals surface area contributed by atoms with E-state index in [1.54, 1.807) is 0 Å². The van der Waals surface area contributed by atoms with Gasteiger partial charge in [-0.25, -0.2) is 0 Å². The van der Waals surface area contributed by atoms with Gasteiger partial charge in [0.1, 0.15) is 0 Å². The van der Waals surface area contributed by atoms with Crippen LogP contribution in [0.2, 0.25) is 0 Å². The predicted octanol–water partition coefficient (Wildman–Crippen LogP) is 11.6. The van der Waals surface area contributed by atoms with E-state index in [2.05, 4.69) is 144 Å². The van der Waals surface area contributed by atoms with Crippen LogP contribution in [0, 0.1) is 0 Å². The minimum atomic E-state index is 1.19. The van der Waals surface area contributed by atoms with Crippen LogP contribution in [0.25, 0.3) is 91.8 Å². The maximum absolute atomic E-state index is 2.55. The van der Waals surface area contributed by atoms with E-state index >= 15 is 0 Å². The van der Waals surface area contributed by atoms with E-state index in [1.165, 1.54) is 91.8 Å². The average Bonchev–Trinajstić information content (AvgIpc) is 3.58. The van der Waals surface area contributed by atoms with E-state index in [9.17, 15) is 0 Å². The Hall–Kier alpha value is -5.18. The fourth-order valence-electron chi connectivity index (χ4n) is 7.43. The van der Waals surface area contributed by atoms with Gasteiger partial charge in [0, 0.05) is 47.4 Å². The number of nitrogens with zero attached hydrogens (tertiary/aromatic N) is 1. The van der Waals surface area contributed by atoms with Crippen LogP contribution < -0.4 is 0 Å². The van der Waals surface area contributed by atoms with Gasteiger partial charge < -0.3 is 4.57 Å². The zero-order chi connectivity index (χ0) is 27.4. The Labute approximate surface area is 246 Å². The van der Waals surface area contributed by atoms with Crippen LogP contribution in [-0.4, -0.2) is 4.57 Å². The summed E-state index contributed by atoms with van der Waals surface area (Å²) in [5.74, 6) is 0. The van der Waals surface area contributed by atoms with Crippen molar-refractivity contribution in [2.75, 3.05) is 0 Å². The van der Waals surface area contributed by atoms with Crippen LogP contribution in [0.1, 0.15) is 0 Å². The molecule has 0 saturated heterocycles. The first-order chi connectivity index (χ1) is 20.9. The number of hydrogen-bond donors (Lipinski definition) is 0. The molecule has 7 aromatic carbocycles. The average molecular weight is 550 g/mol. The van der Waals surface area contributed by atoms with E-state index < -0.39 is 0 Å². The fourth-order valence-corrected chi connectivity index (χ4v) is 8.66. The zero-order valence-corrected chi connectivity index (χ0v) is 23.5. The highest BCUT2D eigenvalue weighted by Gasteiger charge is 2.28. The molecule has 0 unspecified atom stereocenters. The molecule has 0 fully saturated rings. The summed E-state index contributed by atoms with van der Waals surface area (Å²) in [4.78, 5) is 0. The predicted molar refractivity (Wildman–Crippen MR) is 181 cm³/mol. The summed E-state index contributed by atoms with van der Waals surface area (Å²) in [5, 5.41) is 8.11. The second-order valence-electron chi connectivity index (χ2n) is 11.3. The number of aromatic nitrogens is 1. The quantitative estimate of drug-likeness (QED) is 0.202. The Bertz CT molecular complexity index is 2560. The molecule has 0 spiro atoms. The number of hydrogen-bond acceptors (Lipinski definition) is 1. The molecular formula is C40H23NS. The number of thiophene rings is 1. The van der Waals surface area contributed by atoms with Crippen LogP contribution in [-0.2, 0) is 0 Å². The van der Waals surface area contributed by atoms with Crippen LogP contribution in [0.4, 0.5) is 0 Å². The fraction of sp³-hybridized carbons (Fsp3) is 0. The Morgan fingerprint density at radius 2 is 1.07 bits per heavy atom. The van der Waals surface area contributed by atoms with Gasteiger partial charge in [-0.05, 0) is 57.6 Å². The van der Waals surface area contributed by atoms with Crippen LogP contribution in [0.3, 0.4) is 0 Å². The summed E-state index contributed by atoms with van der Waals surface area (Å²) < 4.78 is 5.25.